The minimum absolute atomic E-state index is 0.227. The van der Waals surface area contributed by atoms with Crippen molar-refractivity contribution in [2.45, 2.75) is 18.7 Å². The van der Waals surface area contributed by atoms with Gasteiger partial charge in [0.25, 0.3) is 0 Å². The highest BCUT2D eigenvalue weighted by Crippen LogP contribution is 2.41. The Hall–Kier alpha value is -2.29. The zero-order valence-corrected chi connectivity index (χ0v) is 18.8. The molecule has 0 saturated carbocycles. The van der Waals surface area contributed by atoms with E-state index in [1.54, 1.807) is 19.2 Å². The largest absolute Gasteiger partial charge is 0.461 e. The van der Waals surface area contributed by atoms with Gasteiger partial charge in [0, 0.05) is 35.5 Å². The van der Waals surface area contributed by atoms with Crippen LogP contribution in [0.1, 0.15) is 26.8 Å². The third-order valence-corrected chi connectivity index (χ3v) is 7.07. The molecule has 0 amide bonds. The molecule has 0 atom stereocenters. The number of hydrogen-bond acceptors (Lipinski definition) is 6. The van der Waals surface area contributed by atoms with Crippen molar-refractivity contribution in [2.24, 2.45) is 0 Å². The van der Waals surface area contributed by atoms with Crippen LogP contribution >= 0.6 is 22.7 Å². The van der Waals surface area contributed by atoms with Crippen LogP contribution in [0.2, 0.25) is 0 Å². The van der Waals surface area contributed by atoms with Crippen molar-refractivity contribution >= 4 is 22.7 Å². The molecule has 0 bridgehead atoms. The monoisotopic (exact) mass is 457 g/mol. The van der Waals surface area contributed by atoms with Crippen LogP contribution in [0, 0.1) is 5.82 Å². The van der Waals surface area contributed by atoms with Gasteiger partial charge in [0.05, 0.1) is 13.2 Å². The number of halogens is 1. The quantitative estimate of drug-likeness (QED) is 0.343. The van der Waals surface area contributed by atoms with Crippen molar-refractivity contribution in [3.8, 4) is 0 Å². The third-order valence-electron chi connectivity index (χ3n) is 5.12. The molecular formula is C24H24FNO3S2. The Balaban J connectivity index is 1.59. The first kappa shape index (κ1) is 21.9. The lowest BCUT2D eigenvalue weighted by Crippen LogP contribution is -2.27. The van der Waals surface area contributed by atoms with Crippen molar-refractivity contribution in [3.05, 3.63) is 104 Å². The van der Waals surface area contributed by atoms with Crippen molar-refractivity contribution in [1.29, 1.82) is 0 Å². The first-order valence-corrected chi connectivity index (χ1v) is 11.7. The Morgan fingerprint density at radius 2 is 1.68 bits per heavy atom. The van der Waals surface area contributed by atoms with Gasteiger partial charge in [-0.05, 0) is 41.1 Å². The zero-order chi connectivity index (χ0) is 21.7. The molecule has 0 aliphatic carbocycles. The maximum atomic E-state index is 14.2. The highest BCUT2D eigenvalue weighted by molar-refractivity contribution is 7.11. The van der Waals surface area contributed by atoms with Crippen LogP contribution in [0.4, 0.5) is 4.39 Å². The predicted octanol–water partition coefficient (Wildman–Crippen LogP) is 5.47. The molecule has 3 aromatic heterocycles. The van der Waals surface area contributed by atoms with Crippen molar-refractivity contribution in [1.82, 2.24) is 4.90 Å². The lowest BCUT2D eigenvalue weighted by atomic mass is 9.97. The van der Waals surface area contributed by atoms with E-state index >= 15 is 0 Å². The van der Waals surface area contributed by atoms with Gasteiger partial charge in [-0.15, -0.1) is 22.7 Å². The maximum absolute atomic E-state index is 14.2. The summed E-state index contributed by atoms with van der Waals surface area (Å²) in [5, 5.41) is 15.6. The number of furan rings is 1. The van der Waals surface area contributed by atoms with Crippen molar-refractivity contribution in [2.75, 3.05) is 20.3 Å². The Morgan fingerprint density at radius 3 is 2.29 bits per heavy atom. The molecule has 0 spiro atoms. The van der Waals surface area contributed by atoms with E-state index in [2.05, 4.69) is 4.90 Å². The average Bonchev–Trinajstić information content (AvgIpc) is 3.56. The van der Waals surface area contributed by atoms with Gasteiger partial charge in [-0.25, -0.2) is 4.39 Å². The molecule has 0 fully saturated rings. The van der Waals surface area contributed by atoms with Gasteiger partial charge in [0.2, 0.25) is 0 Å². The van der Waals surface area contributed by atoms with Crippen LogP contribution in [-0.4, -0.2) is 30.3 Å². The summed E-state index contributed by atoms with van der Waals surface area (Å²) in [5.41, 5.74) is -0.706. The van der Waals surface area contributed by atoms with Gasteiger partial charge in [0.15, 0.2) is 5.60 Å². The molecular weight excluding hydrogens is 433 g/mol. The van der Waals surface area contributed by atoms with Gasteiger partial charge < -0.3 is 14.3 Å². The Morgan fingerprint density at radius 1 is 0.968 bits per heavy atom. The second kappa shape index (κ2) is 9.89. The second-order valence-electron chi connectivity index (χ2n) is 7.23. The summed E-state index contributed by atoms with van der Waals surface area (Å²) in [6.45, 7) is 2.06. The molecule has 31 heavy (non-hydrogen) atoms. The molecule has 1 N–H and O–H groups in total. The molecule has 7 heteroatoms. The Kier molecular flexibility index (Phi) is 6.99. The van der Waals surface area contributed by atoms with Gasteiger partial charge in [-0.2, -0.15) is 0 Å². The number of ether oxygens (including phenoxy) is 1. The minimum atomic E-state index is -1.33. The first-order chi connectivity index (χ1) is 15.1. The lowest BCUT2D eigenvalue weighted by Gasteiger charge is -2.24. The van der Waals surface area contributed by atoms with E-state index in [0.717, 1.165) is 9.75 Å². The molecule has 4 aromatic rings. The average molecular weight is 458 g/mol. The molecule has 0 aliphatic heterocycles. The summed E-state index contributed by atoms with van der Waals surface area (Å²) in [6.07, 6.45) is 0. The zero-order valence-electron chi connectivity index (χ0n) is 17.2. The molecule has 162 valence electrons. The van der Waals surface area contributed by atoms with Crippen LogP contribution in [-0.2, 0) is 23.4 Å². The van der Waals surface area contributed by atoms with Crippen molar-refractivity contribution < 1.29 is 18.7 Å². The number of nitrogens with zero attached hydrogens (tertiary/aromatic N) is 1. The van der Waals surface area contributed by atoms with Crippen LogP contribution in [0.3, 0.4) is 0 Å². The number of thiophene rings is 2. The minimum Gasteiger partial charge on any atom is -0.461 e. The third kappa shape index (κ3) is 4.81. The summed E-state index contributed by atoms with van der Waals surface area (Å²) < 4.78 is 25.6. The van der Waals surface area contributed by atoms with E-state index in [9.17, 15) is 9.50 Å². The molecule has 0 radical (unpaired) electrons. The Bertz CT molecular complexity index is 1040. The summed E-state index contributed by atoms with van der Waals surface area (Å²) in [6, 6.07) is 18.1. The number of aliphatic hydroxyl groups is 1. The molecule has 0 saturated heterocycles. The first-order valence-electron chi connectivity index (χ1n) is 9.95. The smallest absolute Gasteiger partial charge is 0.191 e. The molecule has 4 nitrogen and oxygen atoms in total. The van der Waals surface area contributed by atoms with E-state index < -0.39 is 5.60 Å². The number of rotatable bonds is 10. The fraction of sp³-hybridized carbons (Fsp3) is 0.250. The van der Waals surface area contributed by atoms with Crippen LogP contribution in [0.15, 0.2) is 75.8 Å². The summed E-state index contributed by atoms with van der Waals surface area (Å²) in [7, 11) is 1.65. The maximum Gasteiger partial charge on any atom is 0.191 e. The topological polar surface area (TPSA) is 45.8 Å². The fourth-order valence-corrected chi connectivity index (χ4v) is 5.26. The number of benzene rings is 1. The van der Waals surface area contributed by atoms with E-state index in [1.807, 2.05) is 53.2 Å². The second-order valence-corrected chi connectivity index (χ2v) is 9.12. The molecule has 0 unspecified atom stereocenters. The van der Waals surface area contributed by atoms with E-state index in [4.69, 9.17) is 9.15 Å². The SMILES string of the molecule is COCCN(Cc1ccc(C(O)(c2cccs2)c2cccs2)o1)Cc1ccccc1F. The molecule has 3 heterocycles. The van der Waals surface area contributed by atoms with Crippen LogP contribution in [0.5, 0.6) is 0 Å². The van der Waals surface area contributed by atoms with Gasteiger partial charge in [-0.1, -0.05) is 30.3 Å². The molecule has 0 aliphatic rings. The Labute approximate surface area is 189 Å². The van der Waals surface area contributed by atoms with Crippen molar-refractivity contribution in [3.63, 3.8) is 0 Å². The van der Waals surface area contributed by atoms with Gasteiger partial charge in [0.1, 0.15) is 17.3 Å². The lowest BCUT2D eigenvalue weighted by molar-refractivity contribution is 0.0996. The normalized spacial score (nSPS) is 12.0. The standard InChI is InChI=1S/C24H24FNO3S2/c1-28-13-12-26(16-18-6-2-3-7-20(18)25)17-19-10-11-21(29-19)24(27,22-8-4-14-30-22)23-9-5-15-31-23/h2-11,14-15,27H,12-13,16-17H2,1H3. The summed E-state index contributed by atoms with van der Waals surface area (Å²) in [4.78, 5) is 3.68. The molecule has 4 rings (SSSR count). The highest BCUT2D eigenvalue weighted by atomic mass is 32.1. The molecule has 1 aromatic carbocycles. The van der Waals surface area contributed by atoms with Gasteiger partial charge in [-0.3, -0.25) is 4.90 Å². The summed E-state index contributed by atoms with van der Waals surface area (Å²) >= 11 is 2.98. The van der Waals surface area contributed by atoms with E-state index in [1.165, 1.54) is 28.7 Å². The fourth-order valence-electron chi connectivity index (χ4n) is 3.51. The number of hydrogen-bond donors (Lipinski definition) is 1. The highest BCUT2D eigenvalue weighted by Gasteiger charge is 2.39. The number of methoxy groups -OCH3 is 1. The summed E-state index contributed by atoms with van der Waals surface area (Å²) in [5.74, 6) is 0.953. The van der Waals surface area contributed by atoms with E-state index in [-0.39, 0.29) is 5.82 Å². The van der Waals surface area contributed by atoms with Crippen LogP contribution < -0.4 is 0 Å². The van der Waals surface area contributed by atoms with Gasteiger partial charge >= 0.3 is 0 Å². The van der Waals surface area contributed by atoms with E-state index in [0.29, 0.717) is 43.3 Å². The predicted molar refractivity (Wildman–Crippen MR) is 122 cm³/mol. The van der Waals surface area contributed by atoms with Crippen LogP contribution in [0.25, 0.3) is 0 Å².